The highest BCUT2D eigenvalue weighted by Crippen LogP contribution is 2.36. The van der Waals surface area contributed by atoms with Gasteiger partial charge in [-0.15, -0.1) is 0 Å². The first-order chi connectivity index (χ1) is 12.1. The van der Waals surface area contributed by atoms with Gasteiger partial charge >= 0.3 is 12.4 Å². The lowest BCUT2D eigenvalue weighted by Crippen LogP contribution is -2.35. The standard InChI is InChI=1S/C17H16F6N2S/c18-16(19,20)12-8-11(9-13(10-12)17(21,22)23)6-7-24-15(26)25-14-4-2-1-3-5-14/h2,4-5,8-10H,1,3,6-7H2,(H2,24,25,26). The summed E-state index contributed by atoms with van der Waals surface area (Å²) in [5.41, 5.74) is -1.91. The van der Waals surface area contributed by atoms with Gasteiger partial charge in [0.1, 0.15) is 0 Å². The second-order valence-electron chi connectivity index (χ2n) is 5.68. The lowest BCUT2D eigenvalue weighted by Gasteiger charge is -2.15. The van der Waals surface area contributed by atoms with Gasteiger partial charge in [0.15, 0.2) is 5.11 Å². The minimum absolute atomic E-state index is 0.0380. The number of benzene rings is 1. The SMILES string of the molecule is FC(F)(F)c1cc(CCNC(=S)NC2=CCCC=C2)cc(C(F)(F)F)c1. The Morgan fingerprint density at radius 1 is 0.962 bits per heavy atom. The van der Waals surface area contributed by atoms with Crippen molar-refractivity contribution in [1.29, 1.82) is 0 Å². The molecule has 9 heteroatoms. The summed E-state index contributed by atoms with van der Waals surface area (Å²) in [5, 5.41) is 5.94. The molecule has 0 unspecified atom stereocenters. The molecule has 0 radical (unpaired) electrons. The number of allylic oxidation sites excluding steroid dienone is 3. The molecule has 0 aromatic heterocycles. The molecule has 142 valence electrons. The first kappa shape index (κ1) is 20.3. The lowest BCUT2D eigenvalue weighted by molar-refractivity contribution is -0.143. The molecule has 0 spiro atoms. The van der Waals surface area contributed by atoms with Crippen molar-refractivity contribution in [2.24, 2.45) is 0 Å². The summed E-state index contributed by atoms with van der Waals surface area (Å²) in [5.74, 6) is 0. The molecule has 0 aliphatic heterocycles. The number of hydrogen-bond donors (Lipinski definition) is 2. The van der Waals surface area contributed by atoms with Crippen LogP contribution in [0.2, 0.25) is 0 Å². The largest absolute Gasteiger partial charge is 0.416 e. The molecular formula is C17H16F6N2S. The van der Waals surface area contributed by atoms with E-state index in [0.29, 0.717) is 0 Å². The maximum absolute atomic E-state index is 12.8. The van der Waals surface area contributed by atoms with Gasteiger partial charge in [-0.2, -0.15) is 26.3 Å². The molecule has 0 saturated heterocycles. The summed E-state index contributed by atoms with van der Waals surface area (Å²) >= 11 is 5.06. The fourth-order valence-electron chi connectivity index (χ4n) is 2.37. The van der Waals surface area contributed by atoms with Crippen molar-refractivity contribution >= 4 is 17.3 Å². The lowest BCUT2D eigenvalue weighted by atomic mass is 10.0. The van der Waals surface area contributed by atoms with E-state index in [-0.39, 0.29) is 29.7 Å². The fraction of sp³-hybridized carbons (Fsp3) is 0.353. The first-order valence-electron chi connectivity index (χ1n) is 7.75. The minimum atomic E-state index is -4.85. The molecule has 2 N–H and O–H groups in total. The van der Waals surface area contributed by atoms with Gasteiger partial charge in [-0.25, -0.2) is 0 Å². The second kappa shape index (κ2) is 8.11. The van der Waals surface area contributed by atoms with Gasteiger partial charge in [0.2, 0.25) is 0 Å². The highest BCUT2D eigenvalue weighted by Gasteiger charge is 2.36. The molecule has 0 fully saturated rings. The molecule has 1 aliphatic rings. The van der Waals surface area contributed by atoms with E-state index in [2.05, 4.69) is 10.6 Å². The van der Waals surface area contributed by atoms with Crippen LogP contribution in [0.25, 0.3) is 0 Å². The third-order valence-electron chi connectivity index (χ3n) is 3.60. The summed E-state index contributed by atoms with van der Waals surface area (Å²) in [7, 11) is 0. The van der Waals surface area contributed by atoms with Crippen molar-refractivity contribution < 1.29 is 26.3 Å². The quantitative estimate of drug-likeness (QED) is 0.557. The zero-order valence-electron chi connectivity index (χ0n) is 13.5. The van der Waals surface area contributed by atoms with Gasteiger partial charge in [0, 0.05) is 12.2 Å². The molecule has 26 heavy (non-hydrogen) atoms. The van der Waals surface area contributed by atoms with Crippen LogP contribution in [0.1, 0.15) is 29.5 Å². The summed E-state index contributed by atoms with van der Waals surface area (Å²) < 4.78 is 76.9. The molecule has 0 saturated carbocycles. The monoisotopic (exact) mass is 394 g/mol. The zero-order chi connectivity index (χ0) is 19.4. The molecule has 0 heterocycles. The van der Waals surface area contributed by atoms with Crippen LogP contribution in [-0.4, -0.2) is 11.7 Å². The van der Waals surface area contributed by atoms with E-state index in [9.17, 15) is 26.3 Å². The number of halogens is 6. The average Bonchev–Trinajstić information content (AvgIpc) is 2.54. The van der Waals surface area contributed by atoms with E-state index in [1.54, 1.807) is 0 Å². The van der Waals surface area contributed by atoms with Crippen molar-refractivity contribution in [2.45, 2.75) is 31.6 Å². The van der Waals surface area contributed by atoms with Crippen molar-refractivity contribution in [3.8, 4) is 0 Å². The van der Waals surface area contributed by atoms with Crippen molar-refractivity contribution in [3.63, 3.8) is 0 Å². The normalized spacial score (nSPS) is 14.8. The number of thiocarbonyl (C=S) groups is 1. The van der Waals surface area contributed by atoms with E-state index >= 15 is 0 Å². The third kappa shape index (κ3) is 6.05. The first-order valence-corrected chi connectivity index (χ1v) is 8.16. The molecule has 0 atom stereocenters. The topological polar surface area (TPSA) is 24.1 Å². The second-order valence-corrected chi connectivity index (χ2v) is 6.09. The van der Waals surface area contributed by atoms with Crippen LogP contribution >= 0.6 is 12.2 Å². The van der Waals surface area contributed by atoms with Crippen LogP contribution in [0.3, 0.4) is 0 Å². The van der Waals surface area contributed by atoms with Gasteiger partial charge in [0.25, 0.3) is 0 Å². The summed E-state index contributed by atoms with van der Waals surface area (Å²) in [6, 6.07) is 1.56. The summed E-state index contributed by atoms with van der Waals surface area (Å²) in [4.78, 5) is 0. The van der Waals surface area contributed by atoms with Crippen LogP contribution in [0.4, 0.5) is 26.3 Å². The van der Waals surface area contributed by atoms with Gasteiger partial charge < -0.3 is 10.6 Å². The summed E-state index contributed by atoms with van der Waals surface area (Å²) in [6.07, 6.45) is -2.18. The maximum Gasteiger partial charge on any atom is 0.416 e. The average molecular weight is 394 g/mol. The predicted octanol–water partition coefficient (Wildman–Crippen LogP) is 4.96. The summed E-state index contributed by atoms with van der Waals surface area (Å²) in [6.45, 7) is 0.0986. The van der Waals surface area contributed by atoms with Gasteiger partial charge in [0.05, 0.1) is 11.1 Å². The van der Waals surface area contributed by atoms with E-state index in [1.807, 2.05) is 18.2 Å². The van der Waals surface area contributed by atoms with Crippen molar-refractivity contribution in [2.75, 3.05) is 6.54 Å². The Morgan fingerprint density at radius 2 is 1.58 bits per heavy atom. The Bertz CT molecular complexity index is 687. The minimum Gasteiger partial charge on any atom is -0.362 e. The zero-order valence-corrected chi connectivity index (χ0v) is 14.3. The predicted molar refractivity (Wildman–Crippen MR) is 90.3 cm³/mol. The van der Waals surface area contributed by atoms with Gasteiger partial charge in [-0.3, -0.25) is 0 Å². The van der Waals surface area contributed by atoms with E-state index < -0.39 is 23.5 Å². The highest BCUT2D eigenvalue weighted by atomic mass is 32.1. The molecule has 1 aromatic carbocycles. The molecule has 0 amide bonds. The Hall–Kier alpha value is -2.03. The van der Waals surface area contributed by atoms with Crippen LogP contribution in [0.15, 0.2) is 42.1 Å². The third-order valence-corrected chi connectivity index (χ3v) is 3.85. The Labute approximate surface area is 152 Å². The molecule has 2 rings (SSSR count). The molecule has 2 nitrogen and oxygen atoms in total. The van der Waals surface area contributed by atoms with Gasteiger partial charge in [-0.1, -0.05) is 12.2 Å². The van der Waals surface area contributed by atoms with Crippen LogP contribution in [-0.2, 0) is 18.8 Å². The Balaban J connectivity index is 2.01. The van der Waals surface area contributed by atoms with Crippen LogP contribution < -0.4 is 10.6 Å². The number of rotatable bonds is 4. The molecule has 0 bridgehead atoms. The molecular weight excluding hydrogens is 378 g/mol. The Kier molecular flexibility index (Phi) is 6.33. The van der Waals surface area contributed by atoms with Gasteiger partial charge in [-0.05, 0) is 61.3 Å². The number of alkyl halides is 6. The van der Waals surface area contributed by atoms with E-state index in [1.165, 1.54) is 0 Å². The van der Waals surface area contributed by atoms with Crippen LogP contribution in [0, 0.1) is 0 Å². The maximum atomic E-state index is 12.8. The van der Waals surface area contributed by atoms with Crippen molar-refractivity contribution in [1.82, 2.24) is 10.6 Å². The highest BCUT2D eigenvalue weighted by molar-refractivity contribution is 7.80. The van der Waals surface area contributed by atoms with E-state index in [4.69, 9.17) is 12.2 Å². The number of hydrogen-bond acceptors (Lipinski definition) is 1. The van der Waals surface area contributed by atoms with Crippen molar-refractivity contribution in [3.05, 3.63) is 58.8 Å². The van der Waals surface area contributed by atoms with Crippen LogP contribution in [0.5, 0.6) is 0 Å². The number of nitrogens with one attached hydrogen (secondary N) is 2. The van der Waals surface area contributed by atoms with E-state index in [0.717, 1.165) is 30.7 Å². The smallest absolute Gasteiger partial charge is 0.362 e. The molecule has 1 aromatic rings. The molecule has 1 aliphatic carbocycles. The Morgan fingerprint density at radius 3 is 2.08 bits per heavy atom. The fourth-order valence-corrected chi connectivity index (χ4v) is 2.59.